The van der Waals surface area contributed by atoms with Crippen LogP contribution in [0.1, 0.15) is 33.6 Å². The zero-order valence-corrected chi connectivity index (χ0v) is 23.6. The molecule has 0 atom stereocenters. The molecular formula is C28H26Cl2N2O8. The first kappa shape index (κ1) is 30.3. The van der Waals surface area contributed by atoms with Crippen molar-refractivity contribution in [1.29, 1.82) is 0 Å². The fourth-order valence-corrected chi connectivity index (χ4v) is 4.12. The van der Waals surface area contributed by atoms with Gasteiger partial charge in [-0.15, -0.1) is 0 Å². The van der Waals surface area contributed by atoms with Gasteiger partial charge in [0.2, 0.25) is 11.8 Å². The smallest absolute Gasteiger partial charge is 0.232 e. The number of anilines is 2. The lowest BCUT2D eigenvalue weighted by Gasteiger charge is -2.13. The predicted octanol–water partition coefficient (Wildman–Crippen LogP) is 5.45. The lowest BCUT2D eigenvalue weighted by Crippen LogP contribution is -2.18. The van der Waals surface area contributed by atoms with E-state index < -0.39 is 36.2 Å². The summed E-state index contributed by atoms with van der Waals surface area (Å²) in [4.78, 5) is 50.3. The lowest BCUT2D eigenvalue weighted by molar-refractivity contribution is -0.116. The summed E-state index contributed by atoms with van der Waals surface area (Å²) in [6, 6.07) is 11.6. The number of carbonyl (C=O) groups is 4. The SMILES string of the molecule is COc1cc(OC)c(NC(=O)CC(=O)c2ccc(C(=O)CC(=O)Nc3cc(Cl)c(OC)cc3OC)cc2)cc1Cl. The third-order valence-corrected chi connectivity index (χ3v) is 6.26. The van der Waals surface area contributed by atoms with Crippen LogP contribution in [0.5, 0.6) is 23.0 Å². The van der Waals surface area contributed by atoms with Gasteiger partial charge in [0.1, 0.15) is 23.0 Å². The molecule has 0 fully saturated rings. The minimum absolute atomic E-state index is 0.216. The minimum atomic E-state index is -0.588. The van der Waals surface area contributed by atoms with Crippen molar-refractivity contribution in [1.82, 2.24) is 0 Å². The third-order valence-electron chi connectivity index (χ3n) is 5.67. The molecule has 0 saturated heterocycles. The van der Waals surface area contributed by atoms with E-state index in [1.165, 1.54) is 77.0 Å². The van der Waals surface area contributed by atoms with Gasteiger partial charge in [0.05, 0.1) is 62.7 Å². The molecule has 0 aliphatic rings. The zero-order chi connectivity index (χ0) is 29.4. The summed E-state index contributed by atoms with van der Waals surface area (Å²) in [5, 5.41) is 5.70. The van der Waals surface area contributed by atoms with Gasteiger partial charge in [-0.1, -0.05) is 47.5 Å². The van der Waals surface area contributed by atoms with E-state index in [0.717, 1.165) is 0 Å². The number of amides is 2. The first-order valence-electron chi connectivity index (χ1n) is 11.7. The third kappa shape index (κ3) is 7.43. The van der Waals surface area contributed by atoms with Crippen LogP contribution < -0.4 is 29.6 Å². The molecular weight excluding hydrogens is 563 g/mol. The molecule has 0 spiro atoms. The number of hydrogen-bond donors (Lipinski definition) is 2. The molecule has 0 heterocycles. The molecule has 3 aromatic rings. The lowest BCUT2D eigenvalue weighted by atomic mass is 10.0. The highest BCUT2D eigenvalue weighted by atomic mass is 35.5. The van der Waals surface area contributed by atoms with Crippen LogP contribution in [0.2, 0.25) is 10.0 Å². The van der Waals surface area contributed by atoms with Crippen LogP contribution in [-0.4, -0.2) is 51.8 Å². The number of ether oxygens (including phenoxy) is 4. The van der Waals surface area contributed by atoms with Gasteiger partial charge in [-0.2, -0.15) is 0 Å². The Morgan fingerprint density at radius 2 is 0.900 bits per heavy atom. The molecule has 12 heteroatoms. The molecule has 2 N–H and O–H groups in total. The van der Waals surface area contributed by atoms with Crippen molar-refractivity contribution in [3.05, 3.63) is 69.7 Å². The fourth-order valence-electron chi connectivity index (χ4n) is 3.64. The number of benzene rings is 3. The van der Waals surface area contributed by atoms with Crippen LogP contribution in [-0.2, 0) is 9.59 Å². The molecule has 10 nitrogen and oxygen atoms in total. The quantitative estimate of drug-likeness (QED) is 0.211. The molecule has 0 aliphatic heterocycles. The topological polar surface area (TPSA) is 129 Å². The average Bonchev–Trinajstić information content (AvgIpc) is 2.93. The second kappa shape index (κ2) is 13.7. The molecule has 0 radical (unpaired) electrons. The average molecular weight is 589 g/mol. The minimum Gasteiger partial charge on any atom is -0.495 e. The molecule has 0 bridgehead atoms. The van der Waals surface area contributed by atoms with Crippen molar-refractivity contribution in [2.75, 3.05) is 39.1 Å². The van der Waals surface area contributed by atoms with Gasteiger partial charge in [0.25, 0.3) is 0 Å². The zero-order valence-electron chi connectivity index (χ0n) is 22.1. The largest absolute Gasteiger partial charge is 0.495 e. The fraction of sp³-hybridized carbons (Fsp3) is 0.214. The van der Waals surface area contributed by atoms with Crippen molar-refractivity contribution in [3.8, 4) is 23.0 Å². The van der Waals surface area contributed by atoms with Crippen LogP contribution in [0.15, 0.2) is 48.5 Å². The van der Waals surface area contributed by atoms with Crippen LogP contribution in [0.4, 0.5) is 11.4 Å². The standard InChI is InChI=1S/C28H26Cl2N2O8/c1-37-23-13-25(39-3)19(9-17(23)29)31-27(35)11-21(33)15-5-7-16(8-6-15)22(34)12-28(36)32-20-10-18(30)24(38-2)14-26(20)40-4/h5-10,13-14H,11-12H2,1-4H3,(H,31,35)(H,32,36). The molecule has 0 saturated carbocycles. The summed E-state index contributed by atoms with van der Waals surface area (Å²) in [5.74, 6) is -0.780. The van der Waals surface area contributed by atoms with Gasteiger partial charge >= 0.3 is 0 Å². The first-order valence-corrected chi connectivity index (χ1v) is 12.4. The molecule has 0 aromatic heterocycles. The Hall–Kier alpha value is -4.28. The number of methoxy groups -OCH3 is 4. The van der Waals surface area contributed by atoms with Crippen LogP contribution in [0.25, 0.3) is 0 Å². The van der Waals surface area contributed by atoms with Gasteiger partial charge in [0.15, 0.2) is 11.6 Å². The van der Waals surface area contributed by atoms with Crippen molar-refractivity contribution < 1.29 is 38.1 Å². The number of rotatable bonds is 12. The molecule has 3 aromatic carbocycles. The van der Waals surface area contributed by atoms with E-state index in [1.54, 1.807) is 0 Å². The van der Waals surface area contributed by atoms with Gasteiger partial charge < -0.3 is 29.6 Å². The Bertz CT molecular complexity index is 1330. The van der Waals surface area contributed by atoms with Gasteiger partial charge in [-0.25, -0.2) is 0 Å². The summed E-state index contributed by atoms with van der Waals surface area (Å²) < 4.78 is 20.7. The van der Waals surface area contributed by atoms with E-state index in [4.69, 9.17) is 42.1 Å². The van der Waals surface area contributed by atoms with E-state index in [0.29, 0.717) is 23.0 Å². The van der Waals surface area contributed by atoms with Crippen LogP contribution in [0.3, 0.4) is 0 Å². The highest BCUT2D eigenvalue weighted by molar-refractivity contribution is 6.33. The number of ketones is 2. The van der Waals surface area contributed by atoms with Crippen molar-refractivity contribution >= 4 is 58.0 Å². The number of nitrogens with one attached hydrogen (secondary N) is 2. The van der Waals surface area contributed by atoms with Crippen LogP contribution >= 0.6 is 23.2 Å². The molecule has 0 aliphatic carbocycles. The van der Waals surface area contributed by atoms with Crippen molar-refractivity contribution in [3.63, 3.8) is 0 Å². The Kier molecular flexibility index (Phi) is 10.4. The summed E-state index contributed by atoms with van der Waals surface area (Å²) in [7, 11) is 5.73. The Morgan fingerprint density at radius 3 is 1.20 bits per heavy atom. The van der Waals surface area contributed by atoms with E-state index in [1.807, 2.05) is 0 Å². The number of Topliss-reactive ketones (excluding diaryl/α,β-unsaturated/α-hetero) is 2. The summed E-state index contributed by atoms with van der Waals surface area (Å²) in [5.41, 5.74) is 0.988. The van der Waals surface area contributed by atoms with Crippen molar-refractivity contribution in [2.24, 2.45) is 0 Å². The summed E-state index contributed by atoms with van der Waals surface area (Å²) >= 11 is 12.2. The van der Waals surface area contributed by atoms with Crippen LogP contribution in [0, 0.1) is 0 Å². The van der Waals surface area contributed by atoms with Crippen molar-refractivity contribution in [2.45, 2.75) is 12.8 Å². The van der Waals surface area contributed by atoms with Gasteiger partial charge in [-0.3, -0.25) is 19.2 Å². The highest BCUT2D eigenvalue weighted by Crippen LogP contribution is 2.37. The molecule has 2 amide bonds. The number of carbonyl (C=O) groups excluding carboxylic acids is 4. The van der Waals surface area contributed by atoms with E-state index in [9.17, 15) is 19.2 Å². The van der Waals surface area contributed by atoms with E-state index in [2.05, 4.69) is 10.6 Å². The maximum absolute atomic E-state index is 12.6. The first-order chi connectivity index (χ1) is 19.1. The van der Waals surface area contributed by atoms with Gasteiger partial charge in [-0.05, 0) is 12.1 Å². The summed E-state index contributed by atoms with van der Waals surface area (Å²) in [6.07, 6.45) is -0.927. The predicted molar refractivity (Wildman–Crippen MR) is 151 cm³/mol. The number of halogens is 2. The molecule has 210 valence electrons. The highest BCUT2D eigenvalue weighted by Gasteiger charge is 2.19. The monoisotopic (exact) mass is 588 g/mol. The van der Waals surface area contributed by atoms with E-state index in [-0.39, 0.29) is 32.5 Å². The molecule has 3 rings (SSSR count). The Balaban J connectivity index is 1.60. The van der Waals surface area contributed by atoms with Gasteiger partial charge in [0, 0.05) is 23.3 Å². The summed E-state index contributed by atoms with van der Waals surface area (Å²) in [6.45, 7) is 0. The molecule has 40 heavy (non-hydrogen) atoms. The maximum atomic E-state index is 12.6. The normalized spacial score (nSPS) is 10.3. The number of hydrogen-bond acceptors (Lipinski definition) is 8. The Morgan fingerprint density at radius 1 is 0.575 bits per heavy atom. The molecule has 0 unspecified atom stereocenters. The second-order valence-corrected chi connectivity index (χ2v) is 9.06. The Labute approximate surface area is 240 Å². The van der Waals surface area contributed by atoms with E-state index >= 15 is 0 Å². The maximum Gasteiger partial charge on any atom is 0.232 e. The second-order valence-electron chi connectivity index (χ2n) is 8.25.